The number of benzene rings is 2. The van der Waals surface area contributed by atoms with Crippen LogP contribution in [0.5, 0.6) is 0 Å². The maximum atomic E-state index is 13.2. The van der Waals surface area contributed by atoms with Gasteiger partial charge in [0.05, 0.1) is 0 Å². The van der Waals surface area contributed by atoms with E-state index in [1.165, 1.54) is 12.1 Å². The van der Waals surface area contributed by atoms with E-state index in [1.54, 1.807) is 18.0 Å². The van der Waals surface area contributed by atoms with Crippen LogP contribution in [0.4, 0.5) is 10.1 Å². The Morgan fingerprint density at radius 3 is 2.65 bits per heavy atom. The van der Waals surface area contributed by atoms with Crippen molar-refractivity contribution in [2.45, 2.75) is 33.4 Å². The molecule has 0 heterocycles. The predicted octanol–water partition coefficient (Wildman–Crippen LogP) is 3.90. The van der Waals surface area contributed by atoms with E-state index >= 15 is 0 Å². The topological polar surface area (TPSA) is 32.3 Å². The van der Waals surface area contributed by atoms with Crippen LogP contribution in [0.15, 0.2) is 42.5 Å². The van der Waals surface area contributed by atoms with E-state index in [0.717, 1.165) is 22.4 Å². The van der Waals surface area contributed by atoms with Crippen LogP contribution in [0.2, 0.25) is 0 Å². The summed E-state index contributed by atoms with van der Waals surface area (Å²) in [5.41, 5.74) is 3.98. The van der Waals surface area contributed by atoms with Crippen LogP contribution >= 0.6 is 0 Å². The highest BCUT2D eigenvalue weighted by Crippen LogP contribution is 2.18. The fraction of sp³-hybridized carbons (Fsp3) is 0.316. The number of hydrogen-bond acceptors (Lipinski definition) is 2. The molecule has 0 radical (unpaired) electrons. The van der Waals surface area contributed by atoms with Crippen molar-refractivity contribution in [1.82, 2.24) is 4.90 Å². The number of aryl methyl sites for hydroxylation is 2. The first kappa shape index (κ1) is 17.0. The number of nitrogens with one attached hydrogen (secondary N) is 1. The summed E-state index contributed by atoms with van der Waals surface area (Å²) in [4.78, 5) is 14.1. The van der Waals surface area contributed by atoms with Gasteiger partial charge in [0.1, 0.15) is 11.9 Å². The Labute approximate surface area is 137 Å². The molecule has 122 valence electrons. The van der Waals surface area contributed by atoms with Crippen LogP contribution in [0.25, 0.3) is 0 Å². The van der Waals surface area contributed by atoms with Crippen molar-refractivity contribution < 1.29 is 9.18 Å². The molecule has 23 heavy (non-hydrogen) atoms. The van der Waals surface area contributed by atoms with Crippen molar-refractivity contribution in [1.29, 1.82) is 0 Å². The Morgan fingerprint density at radius 1 is 1.22 bits per heavy atom. The van der Waals surface area contributed by atoms with Gasteiger partial charge < -0.3 is 10.2 Å². The molecule has 0 saturated heterocycles. The third-order valence-electron chi connectivity index (χ3n) is 3.82. The van der Waals surface area contributed by atoms with Gasteiger partial charge in [-0.15, -0.1) is 0 Å². The average molecular weight is 314 g/mol. The molecule has 1 N–H and O–H groups in total. The molecule has 2 rings (SSSR count). The normalized spacial score (nSPS) is 11.9. The minimum absolute atomic E-state index is 0.0323. The summed E-state index contributed by atoms with van der Waals surface area (Å²) in [7, 11) is 1.73. The van der Waals surface area contributed by atoms with Crippen molar-refractivity contribution in [3.63, 3.8) is 0 Å². The summed E-state index contributed by atoms with van der Waals surface area (Å²) >= 11 is 0. The summed E-state index contributed by atoms with van der Waals surface area (Å²) in [6, 6.07) is 12.1. The molecule has 0 fully saturated rings. The number of nitrogens with zero attached hydrogens (tertiary/aromatic N) is 1. The number of hydrogen-bond donors (Lipinski definition) is 1. The van der Waals surface area contributed by atoms with Gasteiger partial charge >= 0.3 is 0 Å². The second-order valence-electron chi connectivity index (χ2n) is 6.01. The number of amides is 1. The Hall–Kier alpha value is -2.36. The zero-order valence-corrected chi connectivity index (χ0v) is 14.1. The predicted molar refractivity (Wildman–Crippen MR) is 91.9 cm³/mol. The third-order valence-corrected chi connectivity index (χ3v) is 3.82. The number of likely N-dealkylation sites (N-methyl/N-ethyl adjacent to an activating group) is 1. The molecule has 0 bridgehead atoms. The highest BCUT2D eigenvalue weighted by molar-refractivity contribution is 5.84. The third kappa shape index (κ3) is 4.55. The smallest absolute Gasteiger partial charge is 0.244 e. The van der Waals surface area contributed by atoms with Crippen LogP contribution < -0.4 is 5.32 Å². The molecule has 0 aliphatic carbocycles. The van der Waals surface area contributed by atoms with Crippen molar-refractivity contribution in [3.05, 3.63) is 65.0 Å². The quantitative estimate of drug-likeness (QED) is 0.908. The maximum absolute atomic E-state index is 13.2. The van der Waals surface area contributed by atoms with E-state index in [-0.39, 0.29) is 17.8 Å². The lowest BCUT2D eigenvalue weighted by molar-refractivity contribution is -0.130. The SMILES string of the molecule is Cc1ccc(C)c(N[C@@H](C)C(=O)N(C)Cc2cccc(F)c2)c1. The van der Waals surface area contributed by atoms with Crippen LogP contribution in [0, 0.1) is 19.7 Å². The van der Waals surface area contributed by atoms with Crippen LogP contribution in [-0.2, 0) is 11.3 Å². The van der Waals surface area contributed by atoms with E-state index in [4.69, 9.17) is 0 Å². The molecule has 0 saturated carbocycles. The zero-order chi connectivity index (χ0) is 17.0. The van der Waals surface area contributed by atoms with Gasteiger partial charge in [-0.2, -0.15) is 0 Å². The monoisotopic (exact) mass is 314 g/mol. The standard InChI is InChI=1S/C19H23FN2O/c1-13-8-9-14(2)18(10-13)21-15(3)19(23)22(4)12-16-6-5-7-17(20)11-16/h5-11,15,21H,12H2,1-4H3/t15-/m0/s1. The molecule has 0 unspecified atom stereocenters. The van der Waals surface area contributed by atoms with Gasteiger partial charge in [0.25, 0.3) is 0 Å². The number of carbonyl (C=O) groups is 1. The lowest BCUT2D eigenvalue weighted by Crippen LogP contribution is -2.38. The summed E-state index contributed by atoms with van der Waals surface area (Å²) in [5, 5.41) is 3.26. The van der Waals surface area contributed by atoms with Crippen molar-refractivity contribution in [2.24, 2.45) is 0 Å². The molecule has 0 spiro atoms. The van der Waals surface area contributed by atoms with Crippen molar-refractivity contribution >= 4 is 11.6 Å². The Balaban J connectivity index is 2.02. The molecule has 4 heteroatoms. The molecule has 1 amide bonds. The van der Waals surface area contributed by atoms with Crippen LogP contribution in [0.3, 0.4) is 0 Å². The lowest BCUT2D eigenvalue weighted by atomic mass is 10.1. The second kappa shape index (κ2) is 7.27. The maximum Gasteiger partial charge on any atom is 0.244 e. The molecule has 2 aromatic carbocycles. The Bertz CT molecular complexity index is 700. The van der Waals surface area contributed by atoms with E-state index in [0.29, 0.717) is 6.54 Å². The highest BCUT2D eigenvalue weighted by atomic mass is 19.1. The number of anilines is 1. The lowest BCUT2D eigenvalue weighted by Gasteiger charge is -2.23. The summed E-state index contributed by atoms with van der Waals surface area (Å²) in [6.07, 6.45) is 0. The van der Waals surface area contributed by atoms with Gasteiger partial charge in [-0.3, -0.25) is 4.79 Å². The van der Waals surface area contributed by atoms with E-state index in [2.05, 4.69) is 5.32 Å². The molecule has 0 aromatic heterocycles. The van der Waals surface area contributed by atoms with Crippen LogP contribution in [-0.4, -0.2) is 23.9 Å². The molecule has 3 nitrogen and oxygen atoms in total. The molecule has 0 aliphatic rings. The van der Waals surface area contributed by atoms with Gasteiger partial charge in [0.15, 0.2) is 0 Å². The van der Waals surface area contributed by atoms with Gasteiger partial charge in [0.2, 0.25) is 5.91 Å². The number of halogens is 1. The van der Waals surface area contributed by atoms with Crippen LogP contribution in [0.1, 0.15) is 23.6 Å². The molecular weight excluding hydrogens is 291 g/mol. The minimum Gasteiger partial charge on any atom is -0.374 e. The molecule has 2 aromatic rings. The van der Waals surface area contributed by atoms with Gasteiger partial charge in [-0.25, -0.2) is 4.39 Å². The number of carbonyl (C=O) groups excluding carboxylic acids is 1. The first-order chi connectivity index (χ1) is 10.9. The summed E-state index contributed by atoms with van der Waals surface area (Å²) < 4.78 is 13.2. The average Bonchev–Trinajstić information content (AvgIpc) is 2.50. The highest BCUT2D eigenvalue weighted by Gasteiger charge is 2.18. The largest absolute Gasteiger partial charge is 0.374 e. The summed E-state index contributed by atoms with van der Waals surface area (Å²) in [6.45, 7) is 6.25. The second-order valence-corrected chi connectivity index (χ2v) is 6.01. The van der Waals surface area contributed by atoms with Gasteiger partial charge in [-0.05, 0) is 55.7 Å². The first-order valence-corrected chi connectivity index (χ1v) is 7.70. The van der Waals surface area contributed by atoms with Gasteiger partial charge in [-0.1, -0.05) is 24.3 Å². The molecule has 1 atom stereocenters. The van der Waals surface area contributed by atoms with Gasteiger partial charge in [0, 0.05) is 19.3 Å². The fourth-order valence-corrected chi connectivity index (χ4v) is 2.50. The Kier molecular flexibility index (Phi) is 5.37. The number of rotatable bonds is 5. The van der Waals surface area contributed by atoms with E-state index in [9.17, 15) is 9.18 Å². The van der Waals surface area contributed by atoms with E-state index < -0.39 is 0 Å². The fourth-order valence-electron chi connectivity index (χ4n) is 2.50. The van der Waals surface area contributed by atoms with E-state index in [1.807, 2.05) is 45.0 Å². The summed E-state index contributed by atoms with van der Waals surface area (Å²) in [5.74, 6) is -0.319. The molecular formula is C19H23FN2O. The Morgan fingerprint density at radius 2 is 1.96 bits per heavy atom. The minimum atomic E-state index is -0.353. The first-order valence-electron chi connectivity index (χ1n) is 7.70. The van der Waals surface area contributed by atoms with Crippen molar-refractivity contribution in [2.75, 3.05) is 12.4 Å². The molecule has 0 aliphatic heterocycles. The zero-order valence-electron chi connectivity index (χ0n) is 14.1. The van der Waals surface area contributed by atoms with Crippen molar-refractivity contribution in [3.8, 4) is 0 Å².